The fourth-order valence-electron chi connectivity index (χ4n) is 7.68. The van der Waals surface area contributed by atoms with Crippen molar-refractivity contribution in [1.82, 2.24) is 19.9 Å². The van der Waals surface area contributed by atoms with Crippen molar-refractivity contribution in [1.29, 1.82) is 0 Å². The molecule has 2 aromatic carbocycles. The van der Waals surface area contributed by atoms with Gasteiger partial charge in [0.05, 0.1) is 17.5 Å². The number of aromatic nitrogens is 3. The smallest absolute Gasteiger partial charge is 0.319 e. The summed E-state index contributed by atoms with van der Waals surface area (Å²) in [5.41, 5.74) is 0.798. The molecule has 0 radical (unpaired) electrons. The van der Waals surface area contributed by atoms with E-state index in [9.17, 15) is 9.50 Å². The predicted molar refractivity (Wildman–Crippen MR) is 166 cm³/mol. The largest absolute Gasteiger partial charge is 0.508 e. The van der Waals surface area contributed by atoms with Gasteiger partial charge in [-0.05, 0) is 85.5 Å². The van der Waals surface area contributed by atoms with Crippen LogP contribution >= 0.6 is 0 Å². The van der Waals surface area contributed by atoms with Gasteiger partial charge in [-0.2, -0.15) is 9.97 Å². The van der Waals surface area contributed by atoms with E-state index in [1.165, 1.54) is 12.1 Å². The van der Waals surface area contributed by atoms with Crippen LogP contribution in [0.3, 0.4) is 0 Å². The Balaban J connectivity index is 1.37. The second kappa shape index (κ2) is 11.7. The molecule has 0 unspecified atom stereocenters. The lowest BCUT2D eigenvalue weighted by Crippen LogP contribution is -2.43. The quantitative estimate of drug-likeness (QED) is 0.277. The van der Waals surface area contributed by atoms with Gasteiger partial charge in [0.2, 0.25) is 0 Å². The van der Waals surface area contributed by atoms with E-state index in [2.05, 4.69) is 26.7 Å². The maximum Gasteiger partial charge on any atom is 0.319 e. The van der Waals surface area contributed by atoms with Gasteiger partial charge in [0.1, 0.15) is 35.2 Å². The number of benzene rings is 2. The van der Waals surface area contributed by atoms with E-state index in [4.69, 9.17) is 14.5 Å². The minimum Gasteiger partial charge on any atom is -0.508 e. The zero-order valence-electron chi connectivity index (χ0n) is 25.4. The SMILES string of the molecule is CCc1c(F)ccc2cc(O)cc(-c3ncc4c(N5CCCCOCC5)nc(OC[C@@]56CCCN5C[C@H](C)C6)nc4c3F)c12. The van der Waals surface area contributed by atoms with E-state index in [1.807, 2.05) is 6.92 Å². The molecule has 3 saturated heterocycles. The van der Waals surface area contributed by atoms with Crippen LogP contribution in [0.15, 0.2) is 30.5 Å². The lowest BCUT2D eigenvalue weighted by atomic mass is 9.92. The molecule has 5 heterocycles. The zero-order chi connectivity index (χ0) is 30.4. The summed E-state index contributed by atoms with van der Waals surface area (Å²) in [4.78, 5) is 18.7. The van der Waals surface area contributed by atoms with Gasteiger partial charge in [0.25, 0.3) is 0 Å². The summed E-state index contributed by atoms with van der Waals surface area (Å²) in [5, 5.41) is 12.2. The number of anilines is 1. The normalized spacial score (nSPS) is 22.8. The van der Waals surface area contributed by atoms with E-state index in [0.717, 1.165) is 58.3 Å². The summed E-state index contributed by atoms with van der Waals surface area (Å²) < 4.78 is 43.9. The van der Waals surface area contributed by atoms with Crippen LogP contribution in [-0.2, 0) is 11.2 Å². The van der Waals surface area contributed by atoms with Crippen molar-refractivity contribution >= 4 is 27.5 Å². The monoisotopic (exact) mass is 603 g/mol. The number of aromatic hydroxyl groups is 1. The Kier molecular flexibility index (Phi) is 7.74. The van der Waals surface area contributed by atoms with E-state index in [0.29, 0.717) is 65.2 Å². The molecule has 3 aliphatic heterocycles. The molecule has 2 atom stereocenters. The molecule has 232 valence electrons. The summed E-state index contributed by atoms with van der Waals surface area (Å²) in [5.74, 6) is 0.0627. The van der Waals surface area contributed by atoms with Crippen molar-refractivity contribution in [3.8, 4) is 23.0 Å². The Morgan fingerprint density at radius 2 is 1.98 bits per heavy atom. The van der Waals surface area contributed by atoms with E-state index < -0.39 is 5.82 Å². The molecule has 1 N–H and O–H groups in total. The van der Waals surface area contributed by atoms with Crippen molar-refractivity contribution in [3.05, 3.63) is 47.7 Å². The highest BCUT2D eigenvalue weighted by Gasteiger charge is 2.47. The molecule has 10 heteroatoms. The van der Waals surface area contributed by atoms with Crippen LogP contribution in [0.2, 0.25) is 0 Å². The second-order valence-electron chi connectivity index (χ2n) is 12.7. The maximum atomic E-state index is 16.8. The van der Waals surface area contributed by atoms with Crippen molar-refractivity contribution in [2.24, 2.45) is 5.92 Å². The first kappa shape index (κ1) is 29.1. The first-order chi connectivity index (χ1) is 21.4. The predicted octanol–water partition coefficient (Wildman–Crippen LogP) is 6.26. The van der Waals surface area contributed by atoms with Crippen molar-refractivity contribution < 1.29 is 23.4 Å². The number of halogens is 2. The number of aryl methyl sites for hydroxylation is 1. The number of ether oxygens (including phenoxy) is 2. The van der Waals surface area contributed by atoms with Gasteiger partial charge in [0.15, 0.2) is 5.82 Å². The number of phenols is 1. The van der Waals surface area contributed by atoms with Gasteiger partial charge in [0, 0.05) is 38.0 Å². The fourth-order valence-corrected chi connectivity index (χ4v) is 7.68. The van der Waals surface area contributed by atoms with Crippen LogP contribution in [0.1, 0.15) is 51.5 Å². The zero-order valence-corrected chi connectivity index (χ0v) is 25.4. The molecule has 2 aromatic heterocycles. The van der Waals surface area contributed by atoms with Crippen LogP contribution < -0.4 is 9.64 Å². The van der Waals surface area contributed by atoms with Crippen molar-refractivity contribution in [2.45, 2.75) is 57.9 Å². The molecule has 0 bridgehead atoms. The summed E-state index contributed by atoms with van der Waals surface area (Å²) in [6.45, 7) is 9.29. The maximum absolute atomic E-state index is 16.8. The number of pyridine rings is 1. The van der Waals surface area contributed by atoms with Gasteiger partial charge in [-0.3, -0.25) is 9.88 Å². The van der Waals surface area contributed by atoms with Gasteiger partial charge in [-0.15, -0.1) is 0 Å². The number of fused-ring (bicyclic) bond motifs is 3. The molecule has 0 saturated carbocycles. The second-order valence-corrected chi connectivity index (χ2v) is 12.7. The minimum atomic E-state index is -0.660. The van der Waals surface area contributed by atoms with Crippen molar-refractivity contribution in [3.63, 3.8) is 0 Å². The first-order valence-electron chi connectivity index (χ1n) is 15.9. The Hall–Kier alpha value is -3.63. The highest BCUT2D eigenvalue weighted by Crippen LogP contribution is 2.42. The van der Waals surface area contributed by atoms with Crippen LogP contribution in [0.4, 0.5) is 14.6 Å². The first-order valence-corrected chi connectivity index (χ1v) is 15.9. The topological polar surface area (TPSA) is 83.8 Å². The third kappa shape index (κ3) is 5.11. The molecular weight excluding hydrogens is 564 g/mol. The highest BCUT2D eigenvalue weighted by molar-refractivity contribution is 6.01. The molecule has 3 fully saturated rings. The Labute approximate surface area is 256 Å². The summed E-state index contributed by atoms with van der Waals surface area (Å²) >= 11 is 0. The molecule has 0 amide bonds. The van der Waals surface area contributed by atoms with Crippen molar-refractivity contribution in [2.75, 3.05) is 50.9 Å². The summed E-state index contributed by atoms with van der Waals surface area (Å²) in [6, 6.07) is 6.11. The van der Waals surface area contributed by atoms with Gasteiger partial charge < -0.3 is 19.5 Å². The van der Waals surface area contributed by atoms with Gasteiger partial charge in [-0.1, -0.05) is 19.9 Å². The summed E-state index contributed by atoms with van der Waals surface area (Å²) in [7, 11) is 0. The van der Waals surface area contributed by atoms with Crippen LogP contribution in [0.25, 0.3) is 32.9 Å². The Bertz CT molecular complexity index is 1710. The molecule has 8 nitrogen and oxygen atoms in total. The van der Waals surface area contributed by atoms with Gasteiger partial charge >= 0.3 is 6.01 Å². The third-order valence-electron chi connectivity index (χ3n) is 9.65. The van der Waals surface area contributed by atoms with E-state index in [1.54, 1.807) is 18.3 Å². The summed E-state index contributed by atoms with van der Waals surface area (Å²) in [6.07, 6.45) is 7.07. The Morgan fingerprint density at radius 1 is 1.09 bits per heavy atom. The molecule has 7 rings (SSSR count). The lowest BCUT2D eigenvalue weighted by Gasteiger charge is -2.31. The third-order valence-corrected chi connectivity index (χ3v) is 9.65. The molecule has 3 aliphatic rings. The standard InChI is InChI=1S/C34H39F2N5O3/c1-3-24-27(35)8-7-22-15-23(42)16-25(28(22)24)30-29(36)31-26(18-37-30)32(40-10-4-5-13-43-14-12-40)39-33(38-31)44-20-34-9-6-11-41(34)19-21(2)17-34/h7-8,15-16,18,21,42H,3-6,9-14,17,19-20H2,1-2H3/t21-,34+/m1/s1. The molecule has 44 heavy (non-hydrogen) atoms. The fraction of sp³-hybridized carbons (Fsp3) is 0.500. The lowest BCUT2D eigenvalue weighted by molar-refractivity contribution is 0.107. The molecule has 0 spiro atoms. The Morgan fingerprint density at radius 3 is 2.84 bits per heavy atom. The number of hydrogen-bond donors (Lipinski definition) is 1. The highest BCUT2D eigenvalue weighted by atomic mass is 19.1. The molecule has 4 aromatic rings. The average molecular weight is 604 g/mol. The molecule has 0 aliphatic carbocycles. The molecular formula is C34H39F2N5O3. The number of hydrogen-bond acceptors (Lipinski definition) is 8. The number of rotatable bonds is 6. The van der Waals surface area contributed by atoms with E-state index in [-0.39, 0.29) is 34.3 Å². The average Bonchev–Trinajstić information content (AvgIpc) is 3.51. The van der Waals surface area contributed by atoms with Crippen LogP contribution in [0, 0.1) is 17.6 Å². The number of nitrogens with zero attached hydrogens (tertiary/aromatic N) is 5. The van der Waals surface area contributed by atoms with Gasteiger partial charge in [-0.25, -0.2) is 8.78 Å². The van der Waals surface area contributed by atoms with Crippen LogP contribution in [0.5, 0.6) is 11.8 Å². The van der Waals surface area contributed by atoms with Crippen LogP contribution in [-0.4, -0.2) is 76.5 Å². The van der Waals surface area contributed by atoms with E-state index >= 15 is 4.39 Å². The minimum absolute atomic E-state index is 0.00419. The number of phenolic OH excluding ortho intramolecular Hbond substituents is 1.